The molecule has 2 aromatic carbocycles. The molecule has 0 aliphatic carbocycles. The Morgan fingerprint density at radius 3 is 2.62 bits per heavy atom. The van der Waals surface area contributed by atoms with Crippen molar-refractivity contribution in [3.63, 3.8) is 0 Å². The van der Waals surface area contributed by atoms with Crippen LogP contribution in [0, 0.1) is 18.6 Å². The molecule has 0 fully saturated rings. The van der Waals surface area contributed by atoms with Crippen molar-refractivity contribution in [3.8, 4) is 0 Å². The zero-order chi connectivity index (χ0) is 15.2. The third kappa shape index (κ3) is 4.36. The van der Waals surface area contributed by atoms with E-state index in [0.717, 1.165) is 18.9 Å². The molecule has 1 unspecified atom stereocenters. The molecule has 0 saturated carbocycles. The number of hydrogen-bond acceptors (Lipinski definition) is 1. The van der Waals surface area contributed by atoms with Crippen LogP contribution in [0.1, 0.15) is 36.1 Å². The summed E-state index contributed by atoms with van der Waals surface area (Å²) in [5.74, 6) is -0.753. The highest BCUT2D eigenvalue weighted by Crippen LogP contribution is 2.23. The molecule has 0 spiro atoms. The summed E-state index contributed by atoms with van der Waals surface area (Å²) in [6, 6.07) is 11.7. The number of rotatable bonds is 6. The third-order valence-electron chi connectivity index (χ3n) is 3.59. The summed E-state index contributed by atoms with van der Waals surface area (Å²) in [5, 5.41) is 3.25. The van der Waals surface area contributed by atoms with Gasteiger partial charge in [0.25, 0.3) is 0 Å². The van der Waals surface area contributed by atoms with Gasteiger partial charge in [-0.25, -0.2) is 8.78 Å². The molecule has 0 heterocycles. The molecule has 0 amide bonds. The molecule has 0 aliphatic heterocycles. The average Bonchev–Trinajstić information content (AvgIpc) is 2.46. The van der Waals surface area contributed by atoms with Crippen LogP contribution in [-0.2, 0) is 6.42 Å². The highest BCUT2D eigenvalue weighted by Gasteiger charge is 2.15. The number of halogens is 2. The van der Waals surface area contributed by atoms with Crippen molar-refractivity contribution in [3.05, 3.63) is 70.8 Å². The number of aryl methyl sites for hydroxylation is 2. The highest BCUT2D eigenvalue weighted by atomic mass is 19.1. The molecule has 1 atom stereocenters. The van der Waals surface area contributed by atoms with E-state index in [4.69, 9.17) is 0 Å². The second-order valence-corrected chi connectivity index (χ2v) is 5.30. The first-order valence-electron chi connectivity index (χ1n) is 7.34. The monoisotopic (exact) mass is 289 g/mol. The quantitative estimate of drug-likeness (QED) is 0.822. The lowest BCUT2D eigenvalue weighted by molar-refractivity contribution is 0.479. The Morgan fingerprint density at radius 1 is 1.10 bits per heavy atom. The van der Waals surface area contributed by atoms with Crippen LogP contribution in [0.2, 0.25) is 0 Å². The van der Waals surface area contributed by atoms with Crippen molar-refractivity contribution >= 4 is 0 Å². The minimum atomic E-state index is -0.398. The van der Waals surface area contributed by atoms with Crippen LogP contribution >= 0.6 is 0 Å². The average molecular weight is 289 g/mol. The minimum absolute atomic E-state index is 0.175. The lowest BCUT2D eigenvalue weighted by Crippen LogP contribution is -2.22. The maximum Gasteiger partial charge on any atom is 0.128 e. The van der Waals surface area contributed by atoms with E-state index in [1.54, 1.807) is 0 Å². The fourth-order valence-corrected chi connectivity index (χ4v) is 2.57. The first-order valence-corrected chi connectivity index (χ1v) is 7.34. The Kier molecular flexibility index (Phi) is 5.45. The van der Waals surface area contributed by atoms with Crippen LogP contribution in [-0.4, -0.2) is 6.54 Å². The molecule has 2 rings (SSSR count). The van der Waals surface area contributed by atoms with Crippen LogP contribution in [0.4, 0.5) is 8.78 Å². The van der Waals surface area contributed by atoms with Gasteiger partial charge in [-0.2, -0.15) is 0 Å². The third-order valence-corrected chi connectivity index (χ3v) is 3.59. The SMILES string of the molecule is CCNC(CCc1cccc(C)c1)c1cc(F)ccc1F. The van der Waals surface area contributed by atoms with E-state index in [1.165, 1.54) is 23.3 Å². The highest BCUT2D eigenvalue weighted by molar-refractivity contribution is 5.25. The lowest BCUT2D eigenvalue weighted by Gasteiger charge is -2.19. The van der Waals surface area contributed by atoms with Crippen molar-refractivity contribution in [2.24, 2.45) is 0 Å². The largest absolute Gasteiger partial charge is 0.310 e. The van der Waals surface area contributed by atoms with Crippen LogP contribution < -0.4 is 5.32 Å². The van der Waals surface area contributed by atoms with Crippen LogP contribution in [0.3, 0.4) is 0 Å². The van der Waals surface area contributed by atoms with Crippen LogP contribution in [0.25, 0.3) is 0 Å². The zero-order valence-electron chi connectivity index (χ0n) is 12.5. The molecule has 0 bridgehead atoms. The molecule has 2 aromatic rings. The van der Waals surface area contributed by atoms with Gasteiger partial charge >= 0.3 is 0 Å². The van der Waals surface area contributed by atoms with Crippen molar-refractivity contribution in [1.29, 1.82) is 0 Å². The summed E-state index contributed by atoms with van der Waals surface area (Å²) in [5.41, 5.74) is 2.84. The summed E-state index contributed by atoms with van der Waals surface area (Å²) >= 11 is 0. The molecule has 1 N–H and O–H groups in total. The first-order chi connectivity index (χ1) is 10.1. The summed E-state index contributed by atoms with van der Waals surface area (Å²) < 4.78 is 27.3. The van der Waals surface area contributed by atoms with Gasteiger partial charge < -0.3 is 5.32 Å². The summed E-state index contributed by atoms with van der Waals surface area (Å²) in [4.78, 5) is 0. The van der Waals surface area contributed by atoms with E-state index in [-0.39, 0.29) is 11.9 Å². The van der Waals surface area contributed by atoms with Gasteiger partial charge in [-0.3, -0.25) is 0 Å². The van der Waals surface area contributed by atoms with E-state index in [0.29, 0.717) is 12.1 Å². The van der Waals surface area contributed by atoms with Gasteiger partial charge in [0, 0.05) is 11.6 Å². The van der Waals surface area contributed by atoms with Gasteiger partial charge in [0.05, 0.1) is 0 Å². The van der Waals surface area contributed by atoms with Crippen LogP contribution in [0.5, 0.6) is 0 Å². The molecule has 0 aromatic heterocycles. The van der Waals surface area contributed by atoms with E-state index in [9.17, 15) is 8.78 Å². The summed E-state index contributed by atoms with van der Waals surface area (Å²) in [6.45, 7) is 4.74. The topological polar surface area (TPSA) is 12.0 Å². The first kappa shape index (κ1) is 15.6. The Balaban J connectivity index is 2.13. The second-order valence-electron chi connectivity index (χ2n) is 5.30. The van der Waals surface area contributed by atoms with Gasteiger partial charge in [0.2, 0.25) is 0 Å². The van der Waals surface area contributed by atoms with E-state index >= 15 is 0 Å². The van der Waals surface area contributed by atoms with Crippen molar-refractivity contribution < 1.29 is 8.78 Å². The summed E-state index contributed by atoms with van der Waals surface area (Å²) in [6.07, 6.45) is 1.56. The summed E-state index contributed by atoms with van der Waals surface area (Å²) in [7, 11) is 0. The van der Waals surface area contributed by atoms with E-state index in [1.807, 2.05) is 13.0 Å². The van der Waals surface area contributed by atoms with Crippen LogP contribution in [0.15, 0.2) is 42.5 Å². The van der Waals surface area contributed by atoms with E-state index < -0.39 is 5.82 Å². The normalized spacial score (nSPS) is 12.4. The molecule has 0 aliphatic rings. The van der Waals surface area contributed by atoms with Gasteiger partial charge in [-0.05, 0) is 50.1 Å². The molecule has 0 saturated heterocycles. The molecule has 21 heavy (non-hydrogen) atoms. The van der Waals surface area contributed by atoms with Crippen molar-refractivity contribution in [2.45, 2.75) is 32.7 Å². The predicted octanol–water partition coefficient (Wildman–Crippen LogP) is 4.56. The Bertz CT molecular complexity index is 596. The predicted molar refractivity (Wildman–Crippen MR) is 82.3 cm³/mol. The van der Waals surface area contributed by atoms with Gasteiger partial charge in [0.15, 0.2) is 0 Å². The number of hydrogen-bond donors (Lipinski definition) is 1. The lowest BCUT2D eigenvalue weighted by atomic mass is 9.97. The molecular weight excluding hydrogens is 268 g/mol. The fourth-order valence-electron chi connectivity index (χ4n) is 2.57. The Morgan fingerprint density at radius 2 is 1.90 bits per heavy atom. The number of nitrogens with one attached hydrogen (secondary N) is 1. The Labute approximate surface area is 125 Å². The van der Waals surface area contributed by atoms with Gasteiger partial charge in [-0.1, -0.05) is 36.8 Å². The Hall–Kier alpha value is -1.74. The maximum absolute atomic E-state index is 13.9. The van der Waals surface area contributed by atoms with E-state index in [2.05, 4.69) is 30.4 Å². The second kappa shape index (κ2) is 7.32. The number of benzene rings is 2. The van der Waals surface area contributed by atoms with Crippen molar-refractivity contribution in [1.82, 2.24) is 5.32 Å². The molecule has 3 heteroatoms. The molecular formula is C18H21F2N. The fraction of sp³-hybridized carbons (Fsp3) is 0.333. The standard InChI is InChI=1S/C18H21F2N/c1-3-21-18(16-12-15(19)8-9-17(16)20)10-7-14-6-4-5-13(2)11-14/h4-6,8-9,11-12,18,21H,3,7,10H2,1-2H3. The smallest absolute Gasteiger partial charge is 0.128 e. The molecule has 1 nitrogen and oxygen atoms in total. The molecule has 0 radical (unpaired) electrons. The van der Waals surface area contributed by atoms with Gasteiger partial charge in [-0.15, -0.1) is 0 Å². The minimum Gasteiger partial charge on any atom is -0.310 e. The van der Waals surface area contributed by atoms with Gasteiger partial charge in [0.1, 0.15) is 11.6 Å². The zero-order valence-corrected chi connectivity index (χ0v) is 12.5. The van der Waals surface area contributed by atoms with Crippen molar-refractivity contribution in [2.75, 3.05) is 6.54 Å². The maximum atomic E-state index is 13.9. The molecule has 112 valence electrons.